The molecule has 0 aliphatic carbocycles. The van der Waals surface area contributed by atoms with Crippen LogP contribution in [0.25, 0.3) is 0 Å². The fraction of sp³-hybridized carbons (Fsp3) is 0.250. The van der Waals surface area contributed by atoms with Gasteiger partial charge >= 0.3 is 0 Å². The van der Waals surface area contributed by atoms with Gasteiger partial charge in [0.1, 0.15) is 11.6 Å². The van der Waals surface area contributed by atoms with Crippen molar-refractivity contribution >= 4 is 15.9 Å². The first-order valence-corrected chi connectivity index (χ1v) is 6.25. The number of rotatable bonds is 4. The van der Waals surface area contributed by atoms with Crippen LogP contribution < -0.4 is 5.73 Å². The summed E-state index contributed by atoms with van der Waals surface area (Å²) in [7, 11) is 0. The highest BCUT2D eigenvalue weighted by atomic mass is 79.9. The van der Waals surface area contributed by atoms with Gasteiger partial charge in [0.25, 0.3) is 0 Å². The minimum Gasteiger partial charge on any atom is -0.330 e. The molecule has 0 aliphatic rings. The fourth-order valence-corrected chi connectivity index (χ4v) is 2.04. The molecule has 0 unspecified atom stereocenters. The summed E-state index contributed by atoms with van der Waals surface area (Å²) in [4.78, 5) is 0. The lowest BCUT2D eigenvalue weighted by molar-refractivity contribution is 0.529. The molecule has 2 rings (SSSR count). The largest absolute Gasteiger partial charge is 0.330 e. The van der Waals surface area contributed by atoms with E-state index in [2.05, 4.69) is 21.0 Å². The van der Waals surface area contributed by atoms with Gasteiger partial charge in [0, 0.05) is 11.8 Å². The zero-order chi connectivity index (χ0) is 13.1. The zero-order valence-corrected chi connectivity index (χ0v) is 11.1. The van der Waals surface area contributed by atoms with Crippen molar-refractivity contribution in [2.75, 3.05) is 6.54 Å². The Morgan fingerprint density at radius 2 is 2.11 bits per heavy atom. The number of nitrogens with zero attached hydrogens (tertiary/aromatic N) is 2. The lowest BCUT2D eigenvalue weighted by Gasteiger charge is -2.06. The molecule has 0 fully saturated rings. The van der Waals surface area contributed by atoms with E-state index in [-0.39, 0.29) is 16.6 Å². The zero-order valence-electron chi connectivity index (χ0n) is 9.54. The predicted octanol–water partition coefficient (Wildman–Crippen LogP) is 2.47. The first-order chi connectivity index (χ1) is 8.61. The number of hydrogen-bond acceptors (Lipinski definition) is 2. The summed E-state index contributed by atoms with van der Waals surface area (Å²) in [6.07, 6.45) is 4.09. The molecule has 1 heterocycles. The van der Waals surface area contributed by atoms with Crippen LogP contribution in [0.5, 0.6) is 0 Å². The van der Waals surface area contributed by atoms with Gasteiger partial charge in [0.05, 0.1) is 17.2 Å². The minimum atomic E-state index is -0.592. The van der Waals surface area contributed by atoms with E-state index in [1.807, 2.05) is 0 Å². The average Bonchev–Trinajstić information content (AvgIpc) is 2.78. The van der Waals surface area contributed by atoms with Crippen LogP contribution in [0.15, 0.2) is 29.0 Å². The summed E-state index contributed by atoms with van der Waals surface area (Å²) < 4.78 is 29.0. The second-order valence-electron chi connectivity index (χ2n) is 3.91. The van der Waals surface area contributed by atoms with Gasteiger partial charge in [0.2, 0.25) is 0 Å². The van der Waals surface area contributed by atoms with E-state index in [0.29, 0.717) is 13.0 Å². The van der Waals surface area contributed by atoms with E-state index in [1.54, 1.807) is 12.4 Å². The molecule has 0 radical (unpaired) electrons. The molecule has 0 saturated heterocycles. The number of aromatic nitrogens is 2. The Labute approximate surface area is 112 Å². The van der Waals surface area contributed by atoms with E-state index in [1.165, 1.54) is 16.8 Å². The third kappa shape index (κ3) is 2.76. The maximum atomic E-state index is 13.8. The first-order valence-electron chi connectivity index (χ1n) is 5.45. The van der Waals surface area contributed by atoms with Gasteiger partial charge in [-0.1, -0.05) is 0 Å². The van der Waals surface area contributed by atoms with Gasteiger partial charge < -0.3 is 5.73 Å². The molecule has 0 aliphatic heterocycles. The van der Waals surface area contributed by atoms with E-state index in [0.717, 1.165) is 5.56 Å². The van der Waals surface area contributed by atoms with Crippen molar-refractivity contribution in [1.82, 2.24) is 9.78 Å². The second-order valence-corrected chi connectivity index (χ2v) is 4.76. The number of halogens is 3. The summed E-state index contributed by atoms with van der Waals surface area (Å²) >= 11 is 3.04. The Morgan fingerprint density at radius 1 is 1.33 bits per heavy atom. The van der Waals surface area contributed by atoms with Gasteiger partial charge in [-0.15, -0.1) is 0 Å². The van der Waals surface area contributed by atoms with Crippen LogP contribution in [0.1, 0.15) is 11.1 Å². The highest BCUT2D eigenvalue weighted by molar-refractivity contribution is 9.10. The maximum absolute atomic E-state index is 13.8. The third-order valence-corrected chi connectivity index (χ3v) is 3.19. The second kappa shape index (κ2) is 5.58. The minimum absolute atomic E-state index is 0.00762. The molecular formula is C12H12BrF2N3. The van der Waals surface area contributed by atoms with E-state index in [9.17, 15) is 8.78 Å². The molecule has 0 spiro atoms. The van der Waals surface area contributed by atoms with Crippen LogP contribution in [0.3, 0.4) is 0 Å². The van der Waals surface area contributed by atoms with E-state index < -0.39 is 11.6 Å². The lowest BCUT2D eigenvalue weighted by Crippen LogP contribution is -2.06. The van der Waals surface area contributed by atoms with Crippen molar-refractivity contribution in [2.45, 2.75) is 13.0 Å². The fourth-order valence-electron chi connectivity index (χ4n) is 1.66. The van der Waals surface area contributed by atoms with Crippen LogP contribution in [0.2, 0.25) is 0 Å². The molecule has 2 aromatic rings. The quantitative estimate of drug-likeness (QED) is 0.881. The van der Waals surface area contributed by atoms with Crippen LogP contribution in [-0.2, 0) is 13.0 Å². The van der Waals surface area contributed by atoms with Crippen molar-refractivity contribution in [3.63, 3.8) is 0 Å². The highest BCUT2D eigenvalue weighted by Crippen LogP contribution is 2.22. The molecule has 96 valence electrons. The molecule has 6 heteroatoms. The normalized spacial score (nSPS) is 10.9. The number of hydrogen-bond donors (Lipinski definition) is 1. The first kappa shape index (κ1) is 13.2. The van der Waals surface area contributed by atoms with Crippen LogP contribution in [0.4, 0.5) is 8.78 Å². The van der Waals surface area contributed by atoms with Gasteiger partial charge in [-0.3, -0.25) is 4.68 Å². The highest BCUT2D eigenvalue weighted by Gasteiger charge is 2.13. The molecule has 2 N–H and O–H groups in total. The molecule has 0 amide bonds. The molecular weight excluding hydrogens is 304 g/mol. The standard InChI is InChI=1S/C12H12BrF2N3/c13-10-1-2-11(14)9(12(10)15)7-18-6-8(3-4-16)5-17-18/h1-2,5-6H,3-4,7,16H2. The van der Waals surface area contributed by atoms with Crippen LogP contribution in [-0.4, -0.2) is 16.3 Å². The Hall–Kier alpha value is -1.27. The van der Waals surface area contributed by atoms with Gasteiger partial charge in [-0.05, 0) is 46.6 Å². The molecule has 0 saturated carbocycles. The maximum Gasteiger partial charge on any atom is 0.145 e. The number of nitrogens with two attached hydrogens (primary N) is 1. The smallest absolute Gasteiger partial charge is 0.145 e. The van der Waals surface area contributed by atoms with Crippen molar-refractivity contribution in [3.05, 3.63) is 51.8 Å². The third-order valence-electron chi connectivity index (χ3n) is 2.58. The summed E-state index contributed by atoms with van der Waals surface area (Å²) in [5.74, 6) is -1.17. The van der Waals surface area contributed by atoms with Crippen molar-refractivity contribution < 1.29 is 8.78 Å². The molecule has 18 heavy (non-hydrogen) atoms. The summed E-state index contributed by atoms with van der Waals surface area (Å²) in [6, 6.07) is 2.57. The topological polar surface area (TPSA) is 43.8 Å². The van der Waals surface area contributed by atoms with Crippen molar-refractivity contribution in [1.29, 1.82) is 0 Å². The molecule has 0 bridgehead atoms. The summed E-state index contributed by atoms with van der Waals surface area (Å²) in [5, 5.41) is 4.05. The van der Waals surface area contributed by atoms with Crippen LogP contribution >= 0.6 is 15.9 Å². The Kier molecular flexibility index (Phi) is 4.08. The van der Waals surface area contributed by atoms with E-state index >= 15 is 0 Å². The van der Waals surface area contributed by atoms with Gasteiger partial charge in [0.15, 0.2) is 0 Å². The van der Waals surface area contributed by atoms with Crippen molar-refractivity contribution in [2.24, 2.45) is 5.73 Å². The SMILES string of the molecule is NCCc1cnn(Cc2c(F)ccc(Br)c2F)c1. The average molecular weight is 316 g/mol. The van der Waals surface area contributed by atoms with Gasteiger partial charge in [-0.25, -0.2) is 8.78 Å². The van der Waals surface area contributed by atoms with E-state index in [4.69, 9.17) is 5.73 Å². The summed E-state index contributed by atoms with van der Waals surface area (Å²) in [5.41, 5.74) is 6.37. The Morgan fingerprint density at radius 3 is 2.83 bits per heavy atom. The molecule has 1 aromatic carbocycles. The van der Waals surface area contributed by atoms with Crippen molar-refractivity contribution in [3.8, 4) is 0 Å². The summed E-state index contributed by atoms with van der Waals surface area (Å²) in [6.45, 7) is 0.576. The Balaban J connectivity index is 2.25. The number of benzene rings is 1. The lowest BCUT2D eigenvalue weighted by atomic mass is 10.2. The molecule has 1 aromatic heterocycles. The van der Waals surface area contributed by atoms with Gasteiger partial charge in [-0.2, -0.15) is 5.10 Å². The Bertz CT molecular complexity index is 554. The monoisotopic (exact) mass is 315 g/mol. The molecule has 0 atom stereocenters. The van der Waals surface area contributed by atoms with Crippen LogP contribution in [0, 0.1) is 11.6 Å². The molecule has 3 nitrogen and oxygen atoms in total. The predicted molar refractivity (Wildman–Crippen MR) is 68.1 cm³/mol.